The third-order valence-electron chi connectivity index (χ3n) is 3.31. The summed E-state index contributed by atoms with van der Waals surface area (Å²) in [5, 5.41) is 2.37. The molecule has 29 heavy (non-hydrogen) atoms. The van der Waals surface area contributed by atoms with Crippen LogP contribution in [0.3, 0.4) is 0 Å². The van der Waals surface area contributed by atoms with Crippen molar-refractivity contribution in [3.63, 3.8) is 0 Å². The van der Waals surface area contributed by atoms with E-state index in [0.717, 1.165) is 0 Å². The van der Waals surface area contributed by atoms with Gasteiger partial charge in [-0.05, 0) is 12.1 Å². The molecule has 2 aromatic carbocycles. The molecule has 2 aromatic rings. The van der Waals surface area contributed by atoms with Gasteiger partial charge in [0.2, 0.25) is 34.8 Å². The number of hydrogen-bond acceptors (Lipinski definition) is 5. The van der Waals surface area contributed by atoms with Crippen LogP contribution in [0.1, 0.15) is 6.42 Å². The Bertz CT molecular complexity index is 850. The molecule has 0 fully saturated rings. The lowest BCUT2D eigenvalue weighted by molar-refractivity contribution is -0.136. The molecular weight excluding hydrogens is 405 g/mol. The summed E-state index contributed by atoms with van der Waals surface area (Å²) < 4.78 is 79.9. The molecular formula is C18H14F5NO5. The van der Waals surface area contributed by atoms with Gasteiger partial charge in [-0.2, -0.15) is 8.78 Å². The molecule has 156 valence electrons. The van der Waals surface area contributed by atoms with Crippen LogP contribution in [-0.4, -0.2) is 31.8 Å². The minimum atomic E-state index is -2.36. The van der Waals surface area contributed by atoms with E-state index in [0.29, 0.717) is 5.75 Å². The third-order valence-corrected chi connectivity index (χ3v) is 3.31. The van der Waals surface area contributed by atoms with Crippen molar-refractivity contribution in [2.24, 2.45) is 0 Å². The van der Waals surface area contributed by atoms with Gasteiger partial charge in [-0.15, -0.1) is 0 Å². The van der Waals surface area contributed by atoms with E-state index in [1.54, 1.807) is 30.3 Å². The summed E-state index contributed by atoms with van der Waals surface area (Å²) in [4.78, 5) is 23.0. The van der Waals surface area contributed by atoms with Gasteiger partial charge in [0.25, 0.3) is 0 Å². The van der Waals surface area contributed by atoms with E-state index in [1.807, 2.05) is 0 Å². The van der Waals surface area contributed by atoms with Crippen LogP contribution in [0.2, 0.25) is 0 Å². The predicted octanol–water partition coefficient (Wildman–Crippen LogP) is 3.48. The quantitative estimate of drug-likeness (QED) is 0.177. The molecule has 0 aromatic heterocycles. The van der Waals surface area contributed by atoms with Crippen LogP contribution in [-0.2, 0) is 9.53 Å². The Morgan fingerprint density at radius 1 is 0.793 bits per heavy atom. The number of hydrogen-bond donors (Lipinski definition) is 1. The molecule has 0 heterocycles. The smallest absolute Gasteiger partial charge is 0.412 e. The van der Waals surface area contributed by atoms with Gasteiger partial charge in [0, 0.05) is 6.54 Å². The van der Waals surface area contributed by atoms with E-state index in [4.69, 9.17) is 9.47 Å². The Kier molecular flexibility index (Phi) is 7.89. The first kappa shape index (κ1) is 22.1. The summed E-state index contributed by atoms with van der Waals surface area (Å²) in [6, 6.07) is 8.25. The van der Waals surface area contributed by atoms with Crippen LogP contribution >= 0.6 is 0 Å². The topological polar surface area (TPSA) is 73.9 Å². The van der Waals surface area contributed by atoms with Crippen LogP contribution in [0, 0.1) is 29.1 Å². The third kappa shape index (κ3) is 6.14. The van der Waals surface area contributed by atoms with Crippen LogP contribution in [0.5, 0.6) is 11.5 Å². The average Bonchev–Trinajstić information content (AvgIpc) is 2.71. The molecule has 0 spiro atoms. The molecule has 0 aliphatic carbocycles. The van der Waals surface area contributed by atoms with Gasteiger partial charge in [0.1, 0.15) is 5.75 Å². The highest BCUT2D eigenvalue weighted by Gasteiger charge is 2.28. The van der Waals surface area contributed by atoms with Gasteiger partial charge in [0.05, 0.1) is 19.6 Å². The fraction of sp³-hybridized carbons (Fsp3) is 0.222. The standard InChI is InChI=1S/C18H14F5NO5/c19-12-13(20)15(22)17(16(23)14(12)21)29-11(25)6-8-27-9-7-24-18(26)28-10-4-2-1-3-5-10/h1-5H,6-9H2,(H,24,26). The zero-order valence-electron chi connectivity index (χ0n) is 14.6. The van der Waals surface area contributed by atoms with Gasteiger partial charge < -0.3 is 19.5 Å². The largest absolute Gasteiger partial charge is 0.420 e. The molecule has 0 radical (unpaired) electrons. The van der Waals surface area contributed by atoms with Crippen molar-refractivity contribution < 1.29 is 45.8 Å². The van der Waals surface area contributed by atoms with Crippen molar-refractivity contribution in [3.05, 3.63) is 59.4 Å². The van der Waals surface area contributed by atoms with Gasteiger partial charge in [0.15, 0.2) is 0 Å². The van der Waals surface area contributed by atoms with Gasteiger partial charge in [-0.25, -0.2) is 18.0 Å². The second-order valence-electron chi connectivity index (χ2n) is 5.36. The summed E-state index contributed by atoms with van der Waals surface area (Å²) in [7, 11) is 0. The number of para-hydroxylation sites is 1. The maximum absolute atomic E-state index is 13.4. The Labute approximate surface area is 161 Å². The minimum absolute atomic E-state index is 0.0261. The second-order valence-corrected chi connectivity index (χ2v) is 5.36. The zero-order valence-corrected chi connectivity index (χ0v) is 14.6. The van der Waals surface area contributed by atoms with Crippen molar-refractivity contribution in [2.75, 3.05) is 19.8 Å². The van der Waals surface area contributed by atoms with Gasteiger partial charge in [-0.1, -0.05) is 18.2 Å². The normalized spacial score (nSPS) is 10.5. The SMILES string of the molecule is O=C(CCOCCNC(=O)Oc1ccccc1)Oc1c(F)c(F)c(F)c(F)c1F. The fourth-order valence-electron chi connectivity index (χ4n) is 1.95. The number of halogens is 5. The number of carbonyl (C=O) groups is 2. The van der Waals surface area contributed by atoms with Crippen molar-refractivity contribution >= 4 is 12.1 Å². The number of nitrogens with one attached hydrogen (secondary N) is 1. The van der Waals surface area contributed by atoms with Crippen molar-refractivity contribution in [3.8, 4) is 11.5 Å². The molecule has 0 bridgehead atoms. The molecule has 0 atom stereocenters. The molecule has 1 N–H and O–H groups in total. The highest BCUT2D eigenvalue weighted by molar-refractivity contribution is 5.72. The van der Waals surface area contributed by atoms with Gasteiger partial charge >= 0.3 is 12.1 Å². The van der Waals surface area contributed by atoms with E-state index in [9.17, 15) is 31.5 Å². The lowest BCUT2D eigenvalue weighted by Gasteiger charge is -2.09. The number of amides is 1. The molecule has 1 amide bonds. The van der Waals surface area contributed by atoms with E-state index < -0.39 is 53.3 Å². The van der Waals surface area contributed by atoms with Crippen molar-refractivity contribution in [1.29, 1.82) is 0 Å². The minimum Gasteiger partial charge on any atom is -0.420 e. The maximum Gasteiger partial charge on any atom is 0.412 e. The van der Waals surface area contributed by atoms with Crippen molar-refractivity contribution in [2.45, 2.75) is 6.42 Å². The number of carbonyl (C=O) groups excluding carboxylic acids is 2. The highest BCUT2D eigenvalue weighted by Crippen LogP contribution is 2.29. The number of rotatable bonds is 8. The van der Waals surface area contributed by atoms with Gasteiger partial charge in [-0.3, -0.25) is 4.79 Å². The summed E-state index contributed by atoms with van der Waals surface area (Å²) >= 11 is 0. The Balaban J connectivity index is 1.69. The predicted molar refractivity (Wildman–Crippen MR) is 87.8 cm³/mol. The first-order chi connectivity index (χ1) is 13.8. The first-order valence-electron chi connectivity index (χ1n) is 8.11. The lowest BCUT2D eigenvalue weighted by Crippen LogP contribution is -2.30. The fourth-order valence-corrected chi connectivity index (χ4v) is 1.95. The Morgan fingerprint density at radius 3 is 2.00 bits per heavy atom. The highest BCUT2D eigenvalue weighted by atomic mass is 19.2. The molecule has 6 nitrogen and oxygen atoms in total. The van der Waals surface area contributed by atoms with E-state index >= 15 is 0 Å². The van der Waals surface area contributed by atoms with Crippen LogP contribution in [0.4, 0.5) is 26.7 Å². The lowest BCUT2D eigenvalue weighted by atomic mass is 10.2. The Hall–Kier alpha value is -3.21. The molecule has 0 saturated carbocycles. The molecule has 0 saturated heterocycles. The zero-order chi connectivity index (χ0) is 21.4. The molecule has 11 heteroatoms. The molecule has 0 unspecified atom stereocenters. The van der Waals surface area contributed by atoms with E-state index in [2.05, 4.69) is 10.1 Å². The molecule has 0 aliphatic heterocycles. The number of esters is 1. The maximum atomic E-state index is 13.4. The summed E-state index contributed by atoms with van der Waals surface area (Å²) in [5.74, 6) is -13.9. The summed E-state index contributed by atoms with van der Waals surface area (Å²) in [5.41, 5.74) is 0. The average molecular weight is 419 g/mol. The Morgan fingerprint density at radius 2 is 1.38 bits per heavy atom. The van der Waals surface area contributed by atoms with Crippen LogP contribution in [0.15, 0.2) is 30.3 Å². The van der Waals surface area contributed by atoms with E-state index in [1.165, 1.54) is 0 Å². The van der Waals surface area contributed by atoms with E-state index in [-0.39, 0.29) is 19.8 Å². The van der Waals surface area contributed by atoms with Crippen LogP contribution in [0.25, 0.3) is 0 Å². The monoisotopic (exact) mass is 419 g/mol. The van der Waals surface area contributed by atoms with Crippen LogP contribution < -0.4 is 14.8 Å². The van der Waals surface area contributed by atoms with Crippen molar-refractivity contribution in [1.82, 2.24) is 5.32 Å². The molecule has 0 aliphatic rings. The second kappa shape index (κ2) is 10.4. The molecule has 2 rings (SSSR count). The summed E-state index contributed by atoms with van der Waals surface area (Å²) in [6.45, 7) is -0.304. The summed E-state index contributed by atoms with van der Waals surface area (Å²) in [6.07, 6.45) is -1.26. The number of benzene rings is 2. The number of ether oxygens (including phenoxy) is 3. The first-order valence-corrected chi connectivity index (χ1v) is 8.11.